The second-order valence-corrected chi connectivity index (χ2v) is 5.75. The van der Waals surface area contributed by atoms with Gasteiger partial charge < -0.3 is 10.7 Å². The van der Waals surface area contributed by atoms with E-state index in [9.17, 15) is 5.26 Å². The van der Waals surface area contributed by atoms with E-state index in [1.165, 1.54) is 64.2 Å². The zero-order valence-corrected chi connectivity index (χ0v) is 11.8. The van der Waals surface area contributed by atoms with Crippen LogP contribution in [0.1, 0.15) is 81.3 Å². The third kappa shape index (κ3) is 3.76. The summed E-state index contributed by atoms with van der Waals surface area (Å²) < 4.78 is 0. The SMILES string of the molecule is N#Cc1c(C2CCCCCCCCCC2)c[nH]c1N. The Labute approximate surface area is 116 Å². The number of rotatable bonds is 1. The van der Waals surface area contributed by atoms with Gasteiger partial charge in [-0.1, -0.05) is 51.4 Å². The van der Waals surface area contributed by atoms with Crippen LogP contribution in [0.15, 0.2) is 6.20 Å². The maximum atomic E-state index is 9.24. The second kappa shape index (κ2) is 7.23. The number of aromatic amines is 1. The van der Waals surface area contributed by atoms with Crippen molar-refractivity contribution in [2.75, 3.05) is 5.73 Å². The highest BCUT2D eigenvalue weighted by Crippen LogP contribution is 2.33. The topological polar surface area (TPSA) is 65.6 Å². The Hall–Kier alpha value is -1.43. The van der Waals surface area contributed by atoms with Gasteiger partial charge in [-0.25, -0.2) is 0 Å². The van der Waals surface area contributed by atoms with Crippen molar-refractivity contribution in [3.8, 4) is 6.07 Å². The zero-order chi connectivity index (χ0) is 13.5. The molecule has 0 aromatic carbocycles. The number of hydrogen-bond donors (Lipinski definition) is 2. The van der Waals surface area contributed by atoms with E-state index in [-0.39, 0.29) is 0 Å². The summed E-state index contributed by atoms with van der Waals surface area (Å²) in [5.41, 5.74) is 7.66. The van der Waals surface area contributed by atoms with Crippen molar-refractivity contribution in [3.63, 3.8) is 0 Å². The average Bonchev–Trinajstić information content (AvgIpc) is 2.75. The summed E-state index contributed by atoms with van der Waals surface area (Å²) in [6.07, 6.45) is 15.1. The molecule has 0 unspecified atom stereocenters. The van der Waals surface area contributed by atoms with Gasteiger partial charge in [-0.2, -0.15) is 5.26 Å². The molecule has 0 atom stereocenters. The number of anilines is 1. The van der Waals surface area contributed by atoms with Gasteiger partial charge in [0.2, 0.25) is 0 Å². The van der Waals surface area contributed by atoms with Crippen LogP contribution < -0.4 is 5.73 Å². The van der Waals surface area contributed by atoms with Crippen molar-refractivity contribution in [2.45, 2.75) is 70.1 Å². The Kier molecular flexibility index (Phi) is 5.32. The smallest absolute Gasteiger partial charge is 0.119 e. The first-order valence-electron chi connectivity index (χ1n) is 7.69. The fourth-order valence-corrected chi connectivity index (χ4v) is 3.20. The maximum Gasteiger partial charge on any atom is 0.119 e. The molecule has 0 spiro atoms. The van der Waals surface area contributed by atoms with Crippen LogP contribution >= 0.6 is 0 Å². The first-order chi connectivity index (χ1) is 9.33. The molecular weight excluding hydrogens is 234 g/mol. The van der Waals surface area contributed by atoms with Gasteiger partial charge in [-0.3, -0.25) is 0 Å². The van der Waals surface area contributed by atoms with E-state index in [1.807, 2.05) is 6.20 Å². The summed E-state index contributed by atoms with van der Waals surface area (Å²) in [4.78, 5) is 3.02. The first-order valence-corrected chi connectivity index (χ1v) is 7.69. The van der Waals surface area contributed by atoms with Crippen LogP contribution in [0.5, 0.6) is 0 Å². The van der Waals surface area contributed by atoms with Gasteiger partial charge in [0.25, 0.3) is 0 Å². The van der Waals surface area contributed by atoms with Crippen LogP contribution in [0.4, 0.5) is 5.82 Å². The van der Waals surface area contributed by atoms with Crippen LogP contribution in [0.3, 0.4) is 0 Å². The average molecular weight is 259 g/mol. The lowest BCUT2D eigenvalue weighted by Crippen LogP contribution is -2.01. The van der Waals surface area contributed by atoms with Crippen molar-refractivity contribution in [1.82, 2.24) is 4.98 Å². The lowest BCUT2D eigenvalue weighted by molar-refractivity contribution is 0.514. The molecular formula is C16H25N3. The monoisotopic (exact) mass is 259 g/mol. The van der Waals surface area contributed by atoms with E-state index in [2.05, 4.69) is 11.1 Å². The summed E-state index contributed by atoms with van der Waals surface area (Å²) in [6.45, 7) is 0. The Morgan fingerprint density at radius 3 is 2.05 bits per heavy atom. The minimum atomic E-state index is 0.515. The number of aromatic nitrogens is 1. The van der Waals surface area contributed by atoms with Gasteiger partial charge in [0.1, 0.15) is 11.9 Å². The van der Waals surface area contributed by atoms with Crippen molar-refractivity contribution < 1.29 is 0 Å². The minimum absolute atomic E-state index is 0.515. The van der Waals surface area contributed by atoms with E-state index < -0.39 is 0 Å². The molecule has 1 saturated carbocycles. The number of nitriles is 1. The molecule has 1 fully saturated rings. The lowest BCUT2D eigenvalue weighted by atomic mass is 9.88. The molecule has 0 saturated heterocycles. The van der Waals surface area contributed by atoms with Crippen LogP contribution in [0.2, 0.25) is 0 Å². The van der Waals surface area contributed by atoms with E-state index in [1.54, 1.807) is 0 Å². The number of nitrogens with one attached hydrogen (secondary N) is 1. The molecule has 1 aliphatic rings. The largest absolute Gasteiger partial charge is 0.384 e. The van der Waals surface area contributed by atoms with E-state index in [4.69, 9.17) is 5.73 Å². The molecule has 0 aliphatic heterocycles. The van der Waals surface area contributed by atoms with Crippen molar-refractivity contribution in [1.29, 1.82) is 5.26 Å². The Bertz CT molecular complexity index is 416. The minimum Gasteiger partial charge on any atom is -0.384 e. The van der Waals surface area contributed by atoms with Gasteiger partial charge in [-0.15, -0.1) is 0 Å². The van der Waals surface area contributed by atoms with Gasteiger partial charge in [0, 0.05) is 6.20 Å². The van der Waals surface area contributed by atoms with Crippen LogP contribution in [-0.2, 0) is 0 Å². The number of nitrogens with two attached hydrogens (primary N) is 1. The Morgan fingerprint density at radius 1 is 1.00 bits per heavy atom. The molecule has 3 N–H and O–H groups in total. The molecule has 3 nitrogen and oxygen atoms in total. The van der Waals surface area contributed by atoms with Gasteiger partial charge in [0.05, 0.1) is 5.56 Å². The molecule has 0 bridgehead atoms. The number of hydrogen-bond acceptors (Lipinski definition) is 2. The number of nitrogens with zero attached hydrogens (tertiary/aromatic N) is 1. The van der Waals surface area contributed by atoms with Crippen molar-refractivity contribution in [3.05, 3.63) is 17.3 Å². The Balaban J connectivity index is 2.07. The Morgan fingerprint density at radius 2 is 1.53 bits per heavy atom. The predicted octanol–water partition coefficient (Wildman–Crippen LogP) is 4.47. The van der Waals surface area contributed by atoms with Gasteiger partial charge >= 0.3 is 0 Å². The van der Waals surface area contributed by atoms with Gasteiger partial charge in [-0.05, 0) is 24.3 Å². The van der Waals surface area contributed by atoms with Crippen LogP contribution in [0.25, 0.3) is 0 Å². The van der Waals surface area contributed by atoms with Crippen molar-refractivity contribution >= 4 is 5.82 Å². The van der Waals surface area contributed by atoms with Crippen LogP contribution in [-0.4, -0.2) is 4.98 Å². The second-order valence-electron chi connectivity index (χ2n) is 5.75. The summed E-state index contributed by atoms with van der Waals surface area (Å²) in [5, 5.41) is 9.24. The van der Waals surface area contributed by atoms with Crippen LogP contribution in [0, 0.1) is 11.3 Å². The molecule has 1 aromatic heterocycles. The summed E-state index contributed by atoms with van der Waals surface area (Å²) in [5.74, 6) is 1.05. The molecule has 2 rings (SSSR count). The molecule has 1 aromatic rings. The maximum absolute atomic E-state index is 9.24. The number of nitrogen functional groups attached to an aromatic ring is 1. The van der Waals surface area contributed by atoms with E-state index in [0.29, 0.717) is 17.3 Å². The number of H-pyrrole nitrogens is 1. The highest BCUT2D eigenvalue weighted by molar-refractivity contribution is 5.55. The normalized spacial score (nSPS) is 19.5. The fourth-order valence-electron chi connectivity index (χ4n) is 3.20. The third-order valence-corrected chi connectivity index (χ3v) is 4.35. The summed E-state index contributed by atoms with van der Waals surface area (Å²) >= 11 is 0. The molecule has 0 amide bonds. The van der Waals surface area contributed by atoms with E-state index in [0.717, 1.165) is 5.56 Å². The quantitative estimate of drug-likeness (QED) is 0.781. The lowest BCUT2D eigenvalue weighted by Gasteiger charge is -2.16. The molecule has 1 aliphatic carbocycles. The van der Waals surface area contributed by atoms with Gasteiger partial charge in [0.15, 0.2) is 0 Å². The van der Waals surface area contributed by atoms with Crippen molar-refractivity contribution in [2.24, 2.45) is 0 Å². The molecule has 3 heteroatoms. The summed E-state index contributed by atoms with van der Waals surface area (Å²) in [7, 11) is 0. The third-order valence-electron chi connectivity index (χ3n) is 4.35. The predicted molar refractivity (Wildman–Crippen MR) is 78.8 cm³/mol. The summed E-state index contributed by atoms with van der Waals surface area (Å²) in [6, 6.07) is 2.26. The highest BCUT2D eigenvalue weighted by Gasteiger charge is 2.18. The standard InChI is InChI=1S/C16H25N3/c17-11-14-15(12-19-16(14)18)13-9-7-5-3-1-2-4-6-8-10-13/h12-13,19H,1-10,18H2. The molecule has 0 radical (unpaired) electrons. The zero-order valence-electron chi connectivity index (χ0n) is 11.8. The molecule has 104 valence electrons. The molecule has 19 heavy (non-hydrogen) atoms. The van der Waals surface area contributed by atoms with E-state index >= 15 is 0 Å². The fraction of sp³-hybridized carbons (Fsp3) is 0.688. The highest BCUT2D eigenvalue weighted by atomic mass is 14.8. The molecule has 1 heterocycles. The first kappa shape index (κ1) is 14.0.